The highest BCUT2D eigenvalue weighted by Crippen LogP contribution is 2.11. The quantitative estimate of drug-likeness (QED) is 0.449. The van der Waals surface area contributed by atoms with Gasteiger partial charge in [-0.2, -0.15) is 0 Å². The molecule has 0 unspecified atom stereocenters. The van der Waals surface area contributed by atoms with Crippen LogP contribution < -0.4 is 0 Å². The molecule has 0 amide bonds. The van der Waals surface area contributed by atoms with Crippen molar-refractivity contribution in [3.63, 3.8) is 0 Å². The fourth-order valence-corrected chi connectivity index (χ4v) is 1.97. The Balaban J connectivity index is 0. The molecule has 0 rings (SSSR count). The van der Waals surface area contributed by atoms with E-state index in [1.807, 2.05) is 0 Å². The molecule has 0 radical (unpaired) electrons. The molecule has 124 valence electrons. The maximum Gasteiger partial charge on any atom is 0.100 e. The summed E-state index contributed by atoms with van der Waals surface area (Å²) in [5.41, 5.74) is 0. The summed E-state index contributed by atoms with van der Waals surface area (Å²) in [5, 5.41) is 24.0. The van der Waals surface area contributed by atoms with E-state index in [0.29, 0.717) is 0 Å². The van der Waals surface area contributed by atoms with Crippen LogP contribution in [-0.2, 0) is 0 Å². The van der Waals surface area contributed by atoms with Crippen LogP contribution in [0.5, 0.6) is 0 Å². The van der Waals surface area contributed by atoms with Crippen molar-refractivity contribution in [2.45, 2.75) is 97.0 Å². The second-order valence-electron chi connectivity index (χ2n) is 5.55. The van der Waals surface area contributed by atoms with Crippen molar-refractivity contribution in [3.8, 4) is 0 Å². The first-order valence-corrected chi connectivity index (χ1v) is 8.62. The molecule has 3 nitrogen and oxygen atoms in total. The van der Waals surface area contributed by atoms with Crippen molar-refractivity contribution < 1.29 is 15.3 Å². The molecule has 0 saturated heterocycles. The summed E-state index contributed by atoms with van der Waals surface area (Å²) in [6.45, 7) is 3.84. The van der Waals surface area contributed by atoms with Gasteiger partial charge in [0.25, 0.3) is 0 Å². The predicted octanol–water partition coefficient (Wildman–Crippen LogP) is 4.04. The van der Waals surface area contributed by atoms with Crippen LogP contribution in [0.25, 0.3) is 0 Å². The summed E-state index contributed by atoms with van der Waals surface area (Å²) in [6.07, 6.45) is 16.5. The molecule has 0 aromatic carbocycles. The van der Waals surface area contributed by atoms with Gasteiger partial charge in [0, 0.05) is 0 Å². The van der Waals surface area contributed by atoms with Crippen LogP contribution in [0.3, 0.4) is 0 Å². The number of aliphatic hydroxyl groups is 3. The second kappa shape index (κ2) is 21.2. The van der Waals surface area contributed by atoms with Gasteiger partial charge in [-0.15, -0.1) is 0 Å². The van der Waals surface area contributed by atoms with Gasteiger partial charge in [0.05, 0.1) is 13.2 Å². The maximum atomic E-state index is 8.17. The third-order valence-corrected chi connectivity index (χ3v) is 3.38. The number of hydrogen-bond donors (Lipinski definition) is 3. The number of rotatable bonds is 13. The average molecular weight is 290 g/mol. The van der Waals surface area contributed by atoms with E-state index in [0.717, 1.165) is 0 Å². The summed E-state index contributed by atoms with van der Waals surface area (Å²) in [7, 11) is 0. The monoisotopic (exact) mass is 290 g/mol. The van der Waals surface area contributed by atoms with Crippen molar-refractivity contribution in [1.82, 2.24) is 0 Å². The smallest absolute Gasteiger partial charge is 0.100 e. The molecule has 3 N–H and O–H groups in total. The Bertz CT molecular complexity index is 135. The largest absolute Gasteiger partial charge is 0.394 e. The molecule has 0 aliphatic carbocycles. The minimum absolute atomic E-state index is 0.365. The number of aliphatic hydroxyl groups excluding tert-OH is 3. The Kier molecular flexibility index (Phi) is 23.5. The molecular weight excluding hydrogens is 252 g/mol. The Morgan fingerprint density at radius 3 is 0.950 bits per heavy atom. The molecule has 0 spiro atoms. The van der Waals surface area contributed by atoms with E-state index in [-0.39, 0.29) is 13.2 Å². The zero-order valence-electron chi connectivity index (χ0n) is 13.8. The summed E-state index contributed by atoms with van der Waals surface area (Å²) >= 11 is 0. The minimum atomic E-state index is -0.954. The molecule has 0 bridgehead atoms. The van der Waals surface area contributed by atoms with Crippen molar-refractivity contribution >= 4 is 0 Å². The van der Waals surface area contributed by atoms with Gasteiger partial charge in [-0.1, -0.05) is 90.9 Å². The molecule has 0 saturated carbocycles. The van der Waals surface area contributed by atoms with Crippen molar-refractivity contribution in [2.75, 3.05) is 13.2 Å². The normalized spacial score (nSPS) is 10.5. The van der Waals surface area contributed by atoms with Crippen LogP contribution >= 0.6 is 0 Å². The Morgan fingerprint density at radius 1 is 0.550 bits per heavy atom. The lowest BCUT2D eigenvalue weighted by molar-refractivity contribution is 0.0450. The standard InChI is InChI=1S/C14H30.C3H8O3/c1-3-5-7-9-11-13-14-12-10-8-6-4-2;4-1-3(6)2-5/h3-14H2,1-2H3;3-6H,1-2H2. The molecule has 0 aliphatic rings. The number of unbranched alkanes of at least 4 members (excludes halogenated alkanes) is 11. The zero-order valence-corrected chi connectivity index (χ0v) is 13.8. The maximum absolute atomic E-state index is 8.17. The van der Waals surface area contributed by atoms with Gasteiger partial charge >= 0.3 is 0 Å². The molecule has 0 heterocycles. The molecule has 0 aliphatic heterocycles. The molecule has 0 aromatic heterocycles. The van der Waals surface area contributed by atoms with Gasteiger partial charge in [-0.25, -0.2) is 0 Å². The van der Waals surface area contributed by atoms with Crippen LogP contribution in [0.1, 0.15) is 90.9 Å². The first-order chi connectivity index (χ1) is 9.72. The van der Waals surface area contributed by atoms with Gasteiger partial charge < -0.3 is 15.3 Å². The Labute approximate surface area is 126 Å². The van der Waals surface area contributed by atoms with Crippen molar-refractivity contribution in [3.05, 3.63) is 0 Å². The summed E-state index contributed by atoms with van der Waals surface area (Å²) in [4.78, 5) is 0. The molecule has 20 heavy (non-hydrogen) atoms. The van der Waals surface area contributed by atoms with Crippen LogP contribution in [0.15, 0.2) is 0 Å². The molecule has 3 heteroatoms. The van der Waals surface area contributed by atoms with E-state index >= 15 is 0 Å². The minimum Gasteiger partial charge on any atom is -0.394 e. The van der Waals surface area contributed by atoms with Gasteiger partial charge in [-0.3, -0.25) is 0 Å². The van der Waals surface area contributed by atoms with E-state index in [1.54, 1.807) is 0 Å². The summed E-state index contributed by atoms with van der Waals surface area (Å²) in [5.74, 6) is 0. The first-order valence-electron chi connectivity index (χ1n) is 8.62. The van der Waals surface area contributed by atoms with Crippen LogP contribution in [-0.4, -0.2) is 34.6 Å². The van der Waals surface area contributed by atoms with Gasteiger partial charge in [0.1, 0.15) is 6.10 Å². The van der Waals surface area contributed by atoms with E-state index in [2.05, 4.69) is 13.8 Å². The average Bonchev–Trinajstić information content (AvgIpc) is 2.49. The van der Waals surface area contributed by atoms with E-state index in [4.69, 9.17) is 15.3 Å². The Morgan fingerprint density at radius 2 is 0.800 bits per heavy atom. The predicted molar refractivity (Wildman–Crippen MR) is 86.9 cm³/mol. The zero-order chi connectivity index (χ0) is 15.5. The van der Waals surface area contributed by atoms with Crippen molar-refractivity contribution in [2.24, 2.45) is 0 Å². The third kappa shape index (κ3) is 23.0. The summed E-state index contributed by atoms with van der Waals surface area (Å²) < 4.78 is 0. The van der Waals surface area contributed by atoms with Crippen molar-refractivity contribution in [1.29, 1.82) is 0 Å². The highest BCUT2D eigenvalue weighted by Gasteiger charge is 1.94. The van der Waals surface area contributed by atoms with Gasteiger partial charge in [-0.05, 0) is 0 Å². The number of hydrogen-bond acceptors (Lipinski definition) is 3. The van der Waals surface area contributed by atoms with E-state index in [1.165, 1.54) is 77.0 Å². The van der Waals surface area contributed by atoms with Crippen LogP contribution in [0.4, 0.5) is 0 Å². The topological polar surface area (TPSA) is 60.7 Å². The van der Waals surface area contributed by atoms with Gasteiger partial charge in [0.2, 0.25) is 0 Å². The van der Waals surface area contributed by atoms with Crippen LogP contribution in [0, 0.1) is 0 Å². The molecule has 0 aromatic rings. The summed E-state index contributed by atoms with van der Waals surface area (Å²) in [6, 6.07) is 0. The first kappa shape index (κ1) is 22.2. The van der Waals surface area contributed by atoms with E-state index in [9.17, 15) is 0 Å². The molecule has 0 atom stereocenters. The third-order valence-electron chi connectivity index (χ3n) is 3.38. The lowest BCUT2D eigenvalue weighted by Crippen LogP contribution is -2.15. The highest BCUT2D eigenvalue weighted by atomic mass is 16.3. The molecule has 0 fully saturated rings. The lowest BCUT2D eigenvalue weighted by atomic mass is 10.1. The fourth-order valence-electron chi connectivity index (χ4n) is 1.97. The fraction of sp³-hybridized carbons (Fsp3) is 1.00. The van der Waals surface area contributed by atoms with Gasteiger partial charge in [0.15, 0.2) is 0 Å². The lowest BCUT2D eigenvalue weighted by Gasteiger charge is -2.01. The van der Waals surface area contributed by atoms with E-state index < -0.39 is 6.10 Å². The molecular formula is C17H38O3. The second-order valence-corrected chi connectivity index (χ2v) is 5.55. The SMILES string of the molecule is CCCCCCCCCCCCCC.OCC(O)CO. The van der Waals surface area contributed by atoms with Crippen LogP contribution in [0.2, 0.25) is 0 Å². The highest BCUT2D eigenvalue weighted by molar-refractivity contribution is 4.47. The Hall–Kier alpha value is -0.120.